The monoisotopic (exact) mass is 477 g/mol. The van der Waals surface area contributed by atoms with Crippen molar-refractivity contribution in [3.8, 4) is 17.0 Å². The quantitative estimate of drug-likeness (QED) is 0.247. The van der Waals surface area contributed by atoms with Crippen molar-refractivity contribution in [2.75, 3.05) is 5.32 Å². The highest BCUT2D eigenvalue weighted by Crippen LogP contribution is 2.36. The zero-order valence-electron chi connectivity index (χ0n) is 17.3. The van der Waals surface area contributed by atoms with E-state index < -0.39 is 17.7 Å². The summed E-state index contributed by atoms with van der Waals surface area (Å²) < 4.78 is 40.4. The molecule has 3 aromatic rings. The molecule has 4 N–H and O–H groups in total. The van der Waals surface area contributed by atoms with Gasteiger partial charge in [0.05, 0.1) is 16.8 Å². The largest absolute Gasteiger partial charge is 0.504 e. The van der Waals surface area contributed by atoms with Crippen molar-refractivity contribution in [1.29, 1.82) is 0 Å². The normalized spacial score (nSPS) is 11.8. The van der Waals surface area contributed by atoms with Gasteiger partial charge in [-0.25, -0.2) is 4.79 Å². The molecule has 0 aliphatic carbocycles. The summed E-state index contributed by atoms with van der Waals surface area (Å²) in [5, 5.41) is 30.7. The minimum Gasteiger partial charge on any atom is -0.504 e. The second-order valence-corrected chi connectivity index (χ2v) is 7.30. The number of alkyl halides is 3. The molecular weight excluding hydrogens is 459 g/mol. The number of nitrogens with zero attached hydrogens (tertiary/aromatic N) is 3. The molecule has 0 fully saturated rings. The molecule has 2 aromatic carbocycles. The van der Waals surface area contributed by atoms with E-state index in [-0.39, 0.29) is 39.1 Å². The van der Waals surface area contributed by atoms with Gasteiger partial charge in [0.25, 0.3) is 0 Å². The number of hydrogen-bond donors (Lipinski definition) is 4. The van der Waals surface area contributed by atoms with E-state index in [1.807, 2.05) is 0 Å². The third-order valence-corrected chi connectivity index (χ3v) is 4.74. The van der Waals surface area contributed by atoms with Gasteiger partial charge in [-0.15, -0.1) is 0 Å². The third-order valence-electron chi connectivity index (χ3n) is 4.54. The van der Waals surface area contributed by atoms with Crippen molar-refractivity contribution in [2.45, 2.75) is 13.1 Å². The number of benzene rings is 2. The minimum atomic E-state index is -4.52. The lowest BCUT2D eigenvalue weighted by atomic mass is 10.1. The summed E-state index contributed by atoms with van der Waals surface area (Å²) in [5.41, 5.74) is 2.91. The van der Waals surface area contributed by atoms with Crippen LogP contribution in [0.3, 0.4) is 0 Å². The Balaban J connectivity index is 1.77. The number of carboxylic acid groups (broad SMARTS) is 1. The number of aromatic nitrogens is 2. The van der Waals surface area contributed by atoms with Gasteiger partial charge in [-0.2, -0.15) is 23.4 Å². The van der Waals surface area contributed by atoms with E-state index in [1.54, 1.807) is 0 Å². The average Bonchev–Trinajstić information content (AvgIpc) is 3.06. The van der Waals surface area contributed by atoms with Gasteiger partial charge >= 0.3 is 12.1 Å². The Kier molecular flexibility index (Phi) is 6.68. The van der Waals surface area contributed by atoms with Crippen LogP contribution in [0.4, 0.5) is 18.9 Å². The van der Waals surface area contributed by atoms with Gasteiger partial charge in [0, 0.05) is 18.3 Å². The van der Waals surface area contributed by atoms with Crippen LogP contribution in [-0.2, 0) is 13.2 Å². The van der Waals surface area contributed by atoms with Crippen molar-refractivity contribution in [3.05, 3.63) is 65.4 Å². The first kappa shape index (κ1) is 23.7. The highest BCUT2D eigenvalue weighted by atomic mass is 32.1. The lowest BCUT2D eigenvalue weighted by Crippen LogP contribution is -2.25. The van der Waals surface area contributed by atoms with Gasteiger partial charge < -0.3 is 15.5 Å². The van der Waals surface area contributed by atoms with Crippen molar-refractivity contribution in [1.82, 2.24) is 15.2 Å². The molecule has 8 nitrogen and oxygen atoms in total. The van der Waals surface area contributed by atoms with Gasteiger partial charge in [0.15, 0.2) is 16.6 Å². The number of anilines is 1. The Morgan fingerprint density at radius 1 is 1.18 bits per heavy atom. The molecule has 0 atom stereocenters. The summed E-state index contributed by atoms with van der Waals surface area (Å²) in [6.45, 7) is 1.54. The lowest BCUT2D eigenvalue weighted by molar-refractivity contribution is -0.137. The maximum atomic E-state index is 13.0. The lowest BCUT2D eigenvalue weighted by Gasteiger charge is -2.09. The Morgan fingerprint density at radius 3 is 2.45 bits per heavy atom. The SMILES string of the molecule is C/C(=N/NC(=S)Nc1ccc(C(=O)O)cc1)c1nn(C)c(-c2cccc(C(F)(F)F)c2)c1O. The first-order valence-electron chi connectivity index (χ1n) is 9.36. The van der Waals surface area contributed by atoms with Crippen LogP contribution in [-0.4, -0.2) is 36.8 Å². The highest BCUT2D eigenvalue weighted by Gasteiger charge is 2.31. The molecular formula is C21H18F3N5O3S. The van der Waals surface area contributed by atoms with Crippen molar-refractivity contribution < 1.29 is 28.2 Å². The van der Waals surface area contributed by atoms with Gasteiger partial charge in [-0.05, 0) is 55.5 Å². The molecule has 0 amide bonds. The molecule has 0 unspecified atom stereocenters. The molecule has 0 radical (unpaired) electrons. The molecule has 1 heterocycles. The maximum Gasteiger partial charge on any atom is 0.416 e. The number of nitrogens with one attached hydrogen (secondary N) is 2. The second-order valence-electron chi connectivity index (χ2n) is 6.89. The molecule has 12 heteroatoms. The van der Waals surface area contributed by atoms with Crippen molar-refractivity contribution in [2.24, 2.45) is 12.1 Å². The Labute approximate surface area is 191 Å². The van der Waals surface area contributed by atoms with Crippen molar-refractivity contribution >= 4 is 34.7 Å². The molecule has 0 aliphatic rings. The molecule has 3 rings (SSSR count). The van der Waals surface area contributed by atoms with Crippen LogP contribution in [0, 0.1) is 0 Å². The number of rotatable bonds is 5. The Hall–Kier alpha value is -3.93. The molecule has 0 spiro atoms. The predicted molar refractivity (Wildman–Crippen MR) is 120 cm³/mol. The number of aryl methyl sites for hydroxylation is 1. The topological polar surface area (TPSA) is 112 Å². The molecule has 0 saturated carbocycles. The van der Waals surface area contributed by atoms with Crippen molar-refractivity contribution in [3.63, 3.8) is 0 Å². The zero-order chi connectivity index (χ0) is 24.3. The fourth-order valence-corrected chi connectivity index (χ4v) is 3.13. The summed E-state index contributed by atoms with van der Waals surface area (Å²) in [7, 11) is 1.49. The molecule has 33 heavy (non-hydrogen) atoms. The van der Waals surface area contributed by atoms with Gasteiger partial charge in [0.1, 0.15) is 5.69 Å². The van der Waals surface area contributed by atoms with E-state index in [1.165, 1.54) is 55.1 Å². The first-order valence-corrected chi connectivity index (χ1v) is 9.77. The van der Waals surface area contributed by atoms with Gasteiger partial charge in [-0.1, -0.05) is 12.1 Å². The Morgan fingerprint density at radius 2 is 1.85 bits per heavy atom. The summed E-state index contributed by atoms with van der Waals surface area (Å²) >= 11 is 5.14. The number of aromatic hydroxyl groups is 1. The fourth-order valence-electron chi connectivity index (χ4n) is 2.97. The fraction of sp³-hybridized carbons (Fsp3) is 0.143. The molecule has 172 valence electrons. The van der Waals surface area contributed by atoms with E-state index in [0.29, 0.717) is 5.69 Å². The number of halogens is 3. The summed E-state index contributed by atoms with van der Waals surface area (Å²) in [4.78, 5) is 10.9. The highest BCUT2D eigenvalue weighted by molar-refractivity contribution is 7.80. The number of hydrazone groups is 1. The van der Waals surface area contributed by atoms with Gasteiger partial charge in [0.2, 0.25) is 0 Å². The van der Waals surface area contributed by atoms with Crippen LogP contribution in [0.5, 0.6) is 5.75 Å². The summed E-state index contributed by atoms with van der Waals surface area (Å²) in [6.07, 6.45) is -4.52. The predicted octanol–water partition coefficient (Wildman–Crippen LogP) is 4.22. The van der Waals surface area contributed by atoms with E-state index in [2.05, 4.69) is 20.9 Å². The van der Waals surface area contributed by atoms with Crippen LogP contribution in [0.25, 0.3) is 11.3 Å². The van der Waals surface area contributed by atoms with Crippen LogP contribution in [0.15, 0.2) is 53.6 Å². The second kappa shape index (κ2) is 9.28. The minimum absolute atomic E-state index is 0.0611. The molecule has 1 aromatic heterocycles. The zero-order valence-corrected chi connectivity index (χ0v) is 18.1. The number of aromatic carboxylic acids is 1. The van der Waals surface area contributed by atoms with Crippen LogP contribution in [0.2, 0.25) is 0 Å². The van der Waals surface area contributed by atoms with E-state index in [4.69, 9.17) is 17.3 Å². The van der Waals surface area contributed by atoms with E-state index in [9.17, 15) is 23.1 Å². The smallest absolute Gasteiger partial charge is 0.416 e. The molecule has 0 bridgehead atoms. The van der Waals surface area contributed by atoms with Crippen LogP contribution in [0.1, 0.15) is 28.5 Å². The number of thiocarbonyl (C=S) groups is 1. The number of carbonyl (C=O) groups is 1. The summed E-state index contributed by atoms with van der Waals surface area (Å²) in [5.74, 6) is -1.38. The van der Waals surface area contributed by atoms with Crippen LogP contribution >= 0.6 is 12.2 Å². The van der Waals surface area contributed by atoms with Crippen LogP contribution < -0.4 is 10.7 Å². The molecule has 0 aliphatic heterocycles. The standard InChI is InChI=1S/C21H18F3N5O3S/c1-11(26-27-20(33)25-15-8-6-12(7-9-15)19(31)32)16-18(30)17(29(2)28-16)13-4-3-5-14(10-13)21(22,23)24/h3-10,30H,1-2H3,(H,31,32)(H2,25,27,33)/b26-11-. The van der Waals surface area contributed by atoms with Gasteiger partial charge in [-0.3, -0.25) is 10.1 Å². The number of hydrogen-bond acceptors (Lipinski definition) is 5. The van der Waals surface area contributed by atoms with E-state index in [0.717, 1.165) is 12.1 Å². The molecule has 0 saturated heterocycles. The summed E-state index contributed by atoms with van der Waals surface area (Å²) in [6, 6.07) is 10.4. The average molecular weight is 477 g/mol. The number of carboxylic acids is 1. The van der Waals surface area contributed by atoms with E-state index >= 15 is 0 Å². The Bertz CT molecular complexity index is 1240. The first-order chi connectivity index (χ1) is 15.5. The maximum absolute atomic E-state index is 13.0. The third kappa shape index (κ3) is 5.47.